The molecule has 0 saturated carbocycles. The Balaban J connectivity index is 2.57. The van der Waals surface area contributed by atoms with Crippen LogP contribution in [0.15, 0.2) is 4.90 Å². The van der Waals surface area contributed by atoms with E-state index in [0.29, 0.717) is 18.2 Å². The third kappa shape index (κ3) is 2.48. The van der Waals surface area contributed by atoms with Crippen LogP contribution in [-0.4, -0.2) is 58.6 Å². The third-order valence-electron chi connectivity index (χ3n) is 3.30. The monoisotopic (exact) mass is 304 g/mol. The van der Waals surface area contributed by atoms with Crippen LogP contribution in [0, 0.1) is 0 Å². The first-order chi connectivity index (χ1) is 9.43. The summed E-state index contributed by atoms with van der Waals surface area (Å²) in [6.45, 7) is 0.630. The van der Waals surface area contributed by atoms with Gasteiger partial charge in [0.25, 0.3) is 0 Å². The number of fused-ring (bicyclic) bond motifs is 1. The maximum absolute atomic E-state index is 12.0. The fourth-order valence-corrected chi connectivity index (χ4v) is 3.47. The maximum Gasteiger partial charge on any atom is 0.182 e. The van der Waals surface area contributed by atoms with Gasteiger partial charge in [-0.15, -0.1) is 0 Å². The second-order valence-corrected chi connectivity index (χ2v) is 6.57. The van der Waals surface area contributed by atoms with Gasteiger partial charge in [0.2, 0.25) is 0 Å². The first-order valence-electron chi connectivity index (χ1n) is 6.23. The molecule has 0 radical (unpaired) electrons. The predicted octanol–water partition coefficient (Wildman–Crippen LogP) is 0.304. The van der Waals surface area contributed by atoms with Gasteiger partial charge in [-0.05, 0) is 6.42 Å². The van der Waals surface area contributed by atoms with Gasteiger partial charge in [0, 0.05) is 34.1 Å². The second kappa shape index (κ2) is 5.58. The van der Waals surface area contributed by atoms with E-state index in [1.807, 2.05) is 0 Å². The minimum Gasteiger partial charge on any atom is -0.371 e. The Kier molecular flexibility index (Phi) is 4.21. The Morgan fingerprint density at radius 3 is 2.60 bits per heavy atom. The number of sulfone groups is 1. The van der Waals surface area contributed by atoms with Crippen LogP contribution < -0.4 is 10.6 Å². The average Bonchev–Trinajstić information content (AvgIpc) is 2.79. The van der Waals surface area contributed by atoms with E-state index in [4.69, 9.17) is 9.47 Å². The third-order valence-corrected chi connectivity index (χ3v) is 4.43. The molecule has 0 aliphatic carbocycles. The molecule has 1 aliphatic rings. The van der Waals surface area contributed by atoms with Crippen LogP contribution >= 0.6 is 0 Å². The first-order valence-corrected chi connectivity index (χ1v) is 8.13. The molecule has 0 amide bonds. The molecular weight excluding hydrogens is 284 g/mol. The fraction of sp³-hybridized carbons (Fsp3) is 0.727. The molecule has 114 valence electrons. The molecule has 1 aromatic heterocycles. The van der Waals surface area contributed by atoms with Crippen molar-refractivity contribution < 1.29 is 17.9 Å². The van der Waals surface area contributed by atoms with Gasteiger partial charge in [-0.25, -0.2) is 13.1 Å². The Hall–Kier alpha value is -1.32. The van der Waals surface area contributed by atoms with Crippen molar-refractivity contribution >= 4 is 21.5 Å². The second-order valence-electron chi connectivity index (χ2n) is 4.62. The SMILES string of the molecule is CNc1nn2c(c1S(C)(=O)=O)NCCC2C(OC)OC. The lowest BCUT2D eigenvalue weighted by molar-refractivity contribution is -0.135. The molecule has 9 heteroatoms. The minimum atomic E-state index is -3.40. The van der Waals surface area contributed by atoms with Crippen LogP contribution in [0.2, 0.25) is 0 Å². The molecule has 1 unspecified atom stereocenters. The van der Waals surface area contributed by atoms with E-state index in [9.17, 15) is 8.42 Å². The van der Waals surface area contributed by atoms with Crippen LogP contribution in [0.3, 0.4) is 0 Å². The molecule has 0 spiro atoms. The van der Waals surface area contributed by atoms with Crippen LogP contribution in [-0.2, 0) is 19.3 Å². The van der Waals surface area contributed by atoms with Crippen molar-refractivity contribution in [3.63, 3.8) is 0 Å². The zero-order chi connectivity index (χ0) is 14.9. The molecule has 1 atom stereocenters. The van der Waals surface area contributed by atoms with Crippen molar-refractivity contribution in [2.75, 3.05) is 44.7 Å². The molecule has 0 fully saturated rings. The van der Waals surface area contributed by atoms with Gasteiger partial charge in [0.05, 0.1) is 0 Å². The molecule has 0 aromatic carbocycles. The quantitative estimate of drug-likeness (QED) is 0.756. The van der Waals surface area contributed by atoms with Gasteiger partial charge in [0.1, 0.15) is 11.9 Å². The smallest absolute Gasteiger partial charge is 0.182 e. The fourth-order valence-electron chi connectivity index (χ4n) is 2.46. The standard InChI is InChI=1S/C11H20N4O4S/c1-12-9-8(20(4,16)17)10-13-6-5-7(15(10)14-9)11(18-2)19-3/h7,11,13H,5-6H2,1-4H3,(H,12,14). The first kappa shape index (κ1) is 15.1. The topological polar surface area (TPSA) is 94.5 Å². The zero-order valence-corrected chi connectivity index (χ0v) is 12.8. The number of ether oxygens (including phenoxy) is 2. The molecule has 2 heterocycles. The summed E-state index contributed by atoms with van der Waals surface area (Å²) in [4.78, 5) is 0.177. The molecular formula is C11H20N4O4S. The van der Waals surface area contributed by atoms with E-state index in [2.05, 4.69) is 15.7 Å². The number of aromatic nitrogens is 2. The largest absolute Gasteiger partial charge is 0.371 e. The van der Waals surface area contributed by atoms with Crippen molar-refractivity contribution in [1.82, 2.24) is 9.78 Å². The normalized spacial score (nSPS) is 18.8. The highest BCUT2D eigenvalue weighted by Crippen LogP contribution is 2.36. The highest BCUT2D eigenvalue weighted by Gasteiger charge is 2.34. The lowest BCUT2D eigenvalue weighted by atomic mass is 10.1. The summed E-state index contributed by atoms with van der Waals surface area (Å²) in [5.74, 6) is 0.806. The Labute approximate surface area is 118 Å². The van der Waals surface area contributed by atoms with Crippen LogP contribution in [0.1, 0.15) is 12.5 Å². The summed E-state index contributed by atoms with van der Waals surface area (Å²) in [5.41, 5.74) is 0. The lowest BCUT2D eigenvalue weighted by Crippen LogP contribution is -2.34. The Bertz CT molecular complexity index is 579. The zero-order valence-electron chi connectivity index (χ0n) is 12.0. The summed E-state index contributed by atoms with van der Waals surface area (Å²) < 4.78 is 36.1. The summed E-state index contributed by atoms with van der Waals surface area (Å²) in [6.07, 6.45) is 1.42. The average molecular weight is 304 g/mol. The molecule has 0 saturated heterocycles. The van der Waals surface area contributed by atoms with Crippen LogP contribution in [0.5, 0.6) is 0 Å². The lowest BCUT2D eigenvalue weighted by Gasteiger charge is -2.30. The number of nitrogens with one attached hydrogen (secondary N) is 2. The molecule has 1 aromatic rings. The van der Waals surface area contributed by atoms with E-state index in [-0.39, 0.29) is 10.9 Å². The van der Waals surface area contributed by atoms with Gasteiger partial charge in [-0.3, -0.25) is 0 Å². The van der Waals surface area contributed by atoms with Crippen LogP contribution in [0.4, 0.5) is 11.6 Å². The van der Waals surface area contributed by atoms with Gasteiger partial charge in [-0.1, -0.05) is 0 Å². The summed E-state index contributed by atoms with van der Waals surface area (Å²) >= 11 is 0. The number of nitrogens with zero attached hydrogens (tertiary/aromatic N) is 2. The minimum absolute atomic E-state index is 0.177. The Morgan fingerprint density at radius 1 is 1.45 bits per heavy atom. The van der Waals surface area contributed by atoms with Gasteiger partial charge in [-0.2, -0.15) is 5.10 Å². The van der Waals surface area contributed by atoms with Crippen molar-refractivity contribution in [1.29, 1.82) is 0 Å². The van der Waals surface area contributed by atoms with E-state index in [1.54, 1.807) is 25.9 Å². The highest BCUT2D eigenvalue weighted by atomic mass is 32.2. The van der Waals surface area contributed by atoms with Crippen molar-refractivity contribution in [2.45, 2.75) is 23.6 Å². The number of hydrogen-bond donors (Lipinski definition) is 2. The molecule has 8 nitrogen and oxygen atoms in total. The van der Waals surface area contributed by atoms with E-state index in [0.717, 1.165) is 6.42 Å². The maximum atomic E-state index is 12.0. The predicted molar refractivity (Wildman–Crippen MR) is 74.8 cm³/mol. The number of anilines is 2. The van der Waals surface area contributed by atoms with Crippen molar-refractivity contribution in [3.05, 3.63) is 0 Å². The highest BCUT2D eigenvalue weighted by molar-refractivity contribution is 7.91. The number of methoxy groups -OCH3 is 2. The van der Waals surface area contributed by atoms with E-state index < -0.39 is 16.1 Å². The molecule has 2 rings (SSSR count). The molecule has 1 aliphatic heterocycles. The number of hydrogen-bond acceptors (Lipinski definition) is 7. The molecule has 0 bridgehead atoms. The van der Waals surface area contributed by atoms with E-state index in [1.165, 1.54) is 6.26 Å². The van der Waals surface area contributed by atoms with Crippen molar-refractivity contribution in [3.8, 4) is 0 Å². The van der Waals surface area contributed by atoms with Crippen LogP contribution in [0.25, 0.3) is 0 Å². The van der Waals surface area contributed by atoms with Gasteiger partial charge < -0.3 is 20.1 Å². The summed E-state index contributed by atoms with van der Waals surface area (Å²) in [7, 11) is 1.35. The summed E-state index contributed by atoms with van der Waals surface area (Å²) in [6, 6.07) is -0.177. The van der Waals surface area contributed by atoms with E-state index >= 15 is 0 Å². The van der Waals surface area contributed by atoms with Gasteiger partial charge >= 0.3 is 0 Å². The Morgan fingerprint density at radius 2 is 2.10 bits per heavy atom. The van der Waals surface area contributed by atoms with Crippen molar-refractivity contribution in [2.24, 2.45) is 0 Å². The molecule has 20 heavy (non-hydrogen) atoms. The van der Waals surface area contributed by atoms with Gasteiger partial charge in [0.15, 0.2) is 26.8 Å². The summed E-state index contributed by atoms with van der Waals surface area (Å²) in [5, 5.41) is 10.3. The number of rotatable bonds is 5. The molecule has 2 N–H and O–H groups in total.